The van der Waals surface area contributed by atoms with Crippen molar-refractivity contribution in [2.24, 2.45) is 5.92 Å². The Morgan fingerprint density at radius 2 is 1.00 bits per heavy atom. The Balaban J connectivity index is 1.99. The molecule has 89 valence electrons. The molecule has 4 saturated carbocycles. The van der Waals surface area contributed by atoms with E-state index in [1.807, 2.05) is 0 Å². The van der Waals surface area contributed by atoms with Gasteiger partial charge < -0.3 is 14.2 Å². The topological polar surface area (TPSA) is 27.7 Å². The Kier molecular flexibility index (Phi) is 2.21. The monoisotopic (exact) mass is 223 g/mol. The molecular weight excluding hydrogens is 204 g/mol. The summed E-state index contributed by atoms with van der Waals surface area (Å²) in [7, 11) is 11.0. The minimum absolute atomic E-state index is 0.172. The quantitative estimate of drug-likeness (QED) is 0.736. The predicted octanol–water partition coefficient (Wildman–Crippen LogP) is 2.62. The molecule has 16 heavy (non-hydrogen) atoms. The van der Waals surface area contributed by atoms with Crippen LogP contribution in [0.1, 0.15) is 38.5 Å². The average molecular weight is 223 g/mol. The fourth-order valence-corrected chi connectivity index (χ4v) is 4.66. The molecule has 0 heterocycles. The van der Waals surface area contributed by atoms with Crippen molar-refractivity contribution in [3.05, 3.63) is 21.3 Å². The van der Waals surface area contributed by atoms with Crippen molar-refractivity contribution < 1.29 is 14.2 Å². The second-order valence-electron chi connectivity index (χ2n) is 5.99. The van der Waals surface area contributed by atoms with Gasteiger partial charge in [-0.25, -0.2) is 0 Å². The summed E-state index contributed by atoms with van der Waals surface area (Å²) in [6, 6.07) is 0. The summed E-state index contributed by atoms with van der Waals surface area (Å²) in [6.07, 6.45) is 5.92. The van der Waals surface area contributed by atoms with Gasteiger partial charge in [-0.05, 0) is 25.2 Å². The van der Waals surface area contributed by atoms with E-state index in [1.165, 1.54) is 0 Å². The zero-order valence-electron chi connectivity index (χ0n) is 9.67. The second-order valence-corrected chi connectivity index (χ2v) is 5.99. The first kappa shape index (κ1) is 11.0. The summed E-state index contributed by atoms with van der Waals surface area (Å²) in [6.45, 7) is 0. The lowest BCUT2D eigenvalue weighted by atomic mass is 9.50. The molecule has 0 aliphatic heterocycles. The van der Waals surface area contributed by atoms with Gasteiger partial charge in [0.25, 0.3) is 0 Å². The highest BCUT2D eigenvalue weighted by molar-refractivity contribution is 5.17. The van der Waals surface area contributed by atoms with Crippen molar-refractivity contribution >= 4 is 0 Å². The van der Waals surface area contributed by atoms with Crippen molar-refractivity contribution in [1.29, 1.82) is 0 Å². The molecule has 3 heteroatoms. The second kappa shape index (κ2) is 3.21. The fraction of sp³-hybridized carbons (Fsp3) is 0.769. The van der Waals surface area contributed by atoms with Crippen molar-refractivity contribution in [2.75, 3.05) is 0 Å². The van der Waals surface area contributed by atoms with E-state index in [9.17, 15) is 0 Å². The number of hydrogen-bond donors (Lipinski definition) is 0. The van der Waals surface area contributed by atoms with Crippen LogP contribution in [0.25, 0.3) is 0 Å². The molecular formula is C13H19O3. The molecule has 0 saturated heterocycles. The predicted molar refractivity (Wildman–Crippen MR) is 58.7 cm³/mol. The molecule has 4 fully saturated rings. The number of hydrogen-bond acceptors (Lipinski definition) is 3. The van der Waals surface area contributed by atoms with Crippen molar-refractivity contribution in [1.82, 2.24) is 0 Å². The minimum Gasteiger partial charge on any atom is -0.372 e. The maximum atomic E-state index is 5.54. The van der Waals surface area contributed by atoms with E-state index in [1.54, 1.807) is 0 Å². The van der Waals surface area contributed by atoms with Gasteiger partial charge in [0.15, 0.2) is 0 Å². The molecule has 4 aliphatic carbocycles. The zero-order chi connectivity index (χ0) is 11.4. The highest BCUT2D eigenvalue weighted by Crippen LogP contribution is 2.62. The van der Waals surface area contributed by atoms with E-state index < -0.39 is 0 Å². The third-order valence-corrected chi connectivity index (χ3v) is 4.83. The Labute approximate surface area is 97.4 Å². The van der Waals surface area contributed by atoms with E-state index in [-0.39, 0.29) is 16.8 Å². The Hall–Kier alpha value is -0.120. The van der Waals surface area contributed by atoms with Crippen LogP contribution >= 0.6 is 0 Å². The van der Waals surface area contributed by atoms with Gasteiger partial charge >= 0.3 is 0 Å². The lowest BCUT2D eigenvalue weighted by molar-refractivity contribution is -0.260. The van der Waals surface area contributed by atoms with Gasteiger partial charge in [0.1, 0.15) is 0 Å². The van der Waals surface area contributed by atoms with Crippen LogP contribution < -0.4 is 0 Å². The smallest absolute Gasteiger partial charge is 0.0741 e. The third-order valence-electron chi connectivity index (χ3n) is 4.83. The lowest BCUT2D eigenvalue weighted by Crippen LogP contribution is -2.67. The lowest BCUT2D eigenvalue weighted by Gasteiger charge is -2.64. The van der Waals surface area contributed by atoms with Gasteiger partial charge in [0.05, 0.1) is 38.1 Å². The number of rotatable bonds is 3. The maximum absolute atomic E-state index is 5.54. The molecule has 3 radical (unpaired) electrons. The largest absolute Gasteiger partial charge is 0.372 e. The van der Waals surface area contributed by atoms with E-state index >= 15 is 0 Å². The molecule has 0 unspecified atom stereocenters. The van der Waals surface area contributed by atoms with Crippen LogP contribution in [0.3, 0.4) is 0 Å². The van der Waals surface area contributed by atoms with E-state index in [2.05, 4.69) is 21.3 Å². The SMILES string of the molecule is [CH2]OC12CC3CC(O[CH2])(C1)CC(O[CH2])(C3)C2. The molecule has 0 N–H and O–H groups in total. The van der Waals surface area contributed by atoms with Gasteiger partial charge in [-0.3, -0.25) is 0 Å². The minimum atomic E-state index is -0.172. The van der Waals surface area contributed by atoms with Crippen LogP contribution in [-0.4, -0.2) is 16.8 Å². The molecule has 4 rings (SSSR count). The first-order valence-corrected chi connectivity index (χ1v) is 5.89. The summed E-state index contributed by atoms with van der Waals surface area (Å²) in [5.41, 5.74) is -0.515. The Morgan fingerprint density at radius 1 is 0.688 bits per heavy atom. The van der Waals surface area contributed by atoms with Crippen LogP contribution in [0.15, 0.2) is 0 Å². The molecule has 4 aliphatic rings. The van der Waals surface area contributed by atoms with Crippen LogP contribution in [0, 0.1) is 27.2 Å². The summed E-state index contributed by atoms with van der Waals surface area (Å²) >= 11 is 0. The Bertz CT molecular complexity index is 246. The van der Waals surface area contributed by atoms with Crippen LogP contribution in [0.2, 0.25) is 0 Å². The molecule has 0 aromatic heterocycles. The summed E-state index contributed by atoms with van der Waals surface area (Å²) < 4.78 is 16.6. The average Bonchev–Trinajstić information content (AvgIpc) is 2.28. The highest BCUT2D eigenvalue weighted by Gasteiger charge is 2.64. The molecule has 4 bridgehead atoms. The summed E-state index contributed by atoms with van der Waals surface area (Å²) in [5, 5.41) is 0. The Morgan fingerprint density at radius 3 is 1.25 bits per heavy atom. The molecule has 3 nitrogen and oxygen atoms in total. The van der Waals surface area contributed by atoms with E-state index in [0.29, 0.717) is 5.92 Å². The maximum Gasteiger partial charge on any atom is 0.0741 e. The summed E-state index contributed by atoms with van der Waals surface area (Å²) in [4.78, 5) is 0. The number of ether oxygens (including phenoxy) is 3. The molecule has 0 spiro atoms. The van der Waals surface area contributed by atoms with Gasteiger partial charge in [-0.15, -0.1) is 0 Å². The van der Waals surface area contributed by atoms with E-state index in [4.69, 9.17) is 14.2 Å². The normalized spacial score (nSPS) is 54.6. The fourth-order valence-electron chi connectivity index (χ4n) is 4.66. The zero-order valence-corrected chi connectivity index (χ0v) is 9.67. The van der Waals surface area contributed by atoms with Crippen LogP contribution in [0.4, 0.5) is 0 Å². The van der Waals surface area contributed by atoms with E-state index in [0.717, 1.165) is 38.5 Å². The molecule has 0 amide bonds. The van der Waals surface area contributed by atoms with Gasteiger partial charge in [0.2, 0.25) is 0 Å². The third kappa shape index (κ3) is 1.31. The van der Waals surface area contributed by atoms with Crippen molar-refractivity contribution in [3.8, 4) is 0 Å². The van der Waals surface area contributed by atoms with Crippen molar-refractivity contribution in [3.63, 3.8) is 0 Å². The van der Waals surface area contributed by atoms with Gasteiger partial charge in [-0.2, -0.15) is 0 Å². The van der Waals surface area contributed by atoms with Gasteiger partial charge in [-0.1, -0.05) is 0 Å². The first-order chi connectivity index (χ1) is 7.59. The first-order valence-electron chi connectivity index (χ1n) is 5.89. The summed E-state index contributed by atoms with van der Waals surface area (Å²) in [5.74, 6) is 0.599. The van der Waals surface area contributed by atoms with Gasteiger partial charge in [0, 0.05) is 19.3 Å². The molecule has 0 aromatic carbocycles. The highest BCUT2D eigenvalue weighted by atomic mass is 16.5. The molecule has 0 atom stereocenters. The van der Waals surface area contributed by atoms with Crippen LogP contribution in [0.5, 0.6) is 0 Å². The van der Waals surface area contributed by atoms with Crippen LogP contribution in [-0.2, 0) is 14.2 Å². The van der Waals surface area contributed by atoms with Crippen molar-refractivity contribution in [2.45, 2.75) is 55.3 Å². The standard InChI is InChI=1S/C13H19O3/c1-14-11-4-10-5-12(7-11,15-2)9-13(6-10,8-11)16-3/h10H,1-9H2. The molecule has 0 aromatic rings.